The highest BCUT2D eigenvalue weighted by Crippen LogP contribution is 2.31. The van der Waals surface area contributed by atoms with E-state index in [4.69, 9.17) is 11.6 Å². The van der Waals surface area contributed by atoms with Crippen LogP contribution in [-0.2, 0) is 12.8 Å². The molecule has 1 aliphatic rings. The Morgan fingerprint density at radius 1 is 1.32 bits per heavy atom. The van der Waals surface area contributed by atoms with Crippen molar-refractivity contribution in [2.24, 2.45) is 0 Å². The van der Waals surface area contributed by atoms with Crippen LogP contribution in [0.4, 0.5) is 5.69 Å². The lowest BCUT2D eigenvalue weighted by Gasteiger charge is -2.05. The van der Waals surface area contributed by atoms with E-state index in [9.17, 15) is 4.79 Å². The second kappa shape index (κ2) is 4.99. The fourth-order valence-electron chi connectivity index (χ4n) is 2.30. The van der Waals surface area contributed by atoms with E-state index in [1.54, 1.807) is 17.4 Å². The van der Waals surface area contributed by atoms with Crippen molar-refractivity contribution in [1.82, 2.24) is 0 Å². The van der Waals surface area contributed by atoms with E-state index < -0.39 is 0 Å². The number of halogens is 1. The summed E-state index contributed by atoms with van der Waals surface area (Å²) in [5.41, 5.74) is 3.10. The van der Waals surface area contributed by atoms with Crippen molar-refractivity contribution < 1.29 is 4.79 Å². The summed E-state index contributed by atoms with van der Waals surface area (Å²) in [4.78, 5) is 14.3. The predicted molar refractivity (Wildman–Crippen MR) is 80.5 cm³/mol. The highest BCUT2D eigenvalue weighted by Gasteiger charge is 2.18. The zero-order valence-corrected chi connectivity index (χ0v) is 12.2. The molecule has 19 heavy (non-hydrogen) atoms. The van der Waals surface area contributed by atoms with E-state index in [1.165, 1.54) is 16.9 Å². The molecule has 4 heteroatoms. The first-order chi connectivity index (χ1) is 9.13. The Bertz CT molecular complexity index is 626. The lowest BCUT2D eigenvalue weighted by molar-refractivity contribution is 0.103. The molecule has 3 rings (SSSR count). The smallest absolute Gasteiger partial charge is 0.265 e. The lowest BCUT2D eigenvalue weighted by Crippen LogP contribution is -2.10. The minimum absolute atomic E-state index is 0.0423. The summed E-state index contributed by atoms with van der Waals surface area (Å²) in [6.45, 7) is 1.94. The predicted octanol–water partition coefficient (Wildman–Crippen LogP) is 4.45. The first-order valence-electron chi connectivity index (χ1n) is 6.32. The maximum absolute atomic E-state index is 12.2. The first-order valence-corrected chi connectivity index (χ1v) is 7.52. The summed E-state index contributed by atoms with van der Waals surface area (Å²) in [5, 5.41) is 3.57. The second-order valence-electron chi connectivity index (χ2n) is 4.83. The van der Waals surface area contributed by atoms with Crippen LogP contribution in [0.1, 0.15) is 32.1 Å². The number of thiophene rings is 1. The van der Waals surface area contributed by atoms with Crippen LogP contribution in [0.3, 0.4) is 0 Å². The van der Waals surface area contributed by atoms with Gasteiger partial charge in [0.2, 0.25) is 0 Å². The Balaban J connectivity index is 1.78. The molecule has 1 amide bonds. The quantitative estimate of drug-likeness (QED) is 0.870. The number of nitrogens with one attached hydrogen (secondary N) is 1. The van der Waals surface area contributed by atoms with Gasteiger partial charge in [0.1, 0.15) is 0 Å². The molecule has 1 aromatic carbocycles. The third kappa shape index (κ3) is 2.53. The largest absolute Gasteiger partial charge is 0.321 e. The number of anilines is 1. The van der Waals surface area contributed by atoms with Gasteiger partial charge in [-0.2, -0.15) is 0 Å². The third-order valence-electron chi connectivity index (χ3n) is 3.40. The summed E-state index contributed by atoms with van der Waals surface area (Å²) < 4.78 is 0. The van der Waals surface area contributed by atoms with Crippen molar-refractivity contribution in [3.05, 3.63) is 50.2 Å². The zero-order valence-electron chi connectivity index (χ0n) is 10.6. The molecule has 1 aromatic heterocycles. The van der Waals surface area contributed by atoms with Crippen LogP contribution >= 0.6 is 22.9 Å². The van der Waals surface area contributed by atoms with Crippen LogP contribution in [0.5, 0.6) is 0 Å². The van der Waals surface area contributed by atoms with Gasteiger partial charge in [0, 0.05) is 15.6 Å². The van der Waals surface area contributed by atoms with Crippen LogP contribution in [0.2, 0.25) is 5.02 Å². The molecule has 2 aromatic rings. The number of carbonyl (C=O) groups is 1. The molecule has 0 saturated heterocycles. The highest BCUT2D eigenvalue weighted by molar-refractivity contribution is 7.14. The van der Waals surface area contributed by atoms with Crippen LogP contribution in [0, 0.1) is 6.92 Å². The molecule has 1 heterocycles. The van der Waals surface area contributed by atoms with Gasteiger partial charge >= 0.3 is 0 Å². The molecule has 0 unspecified atom stereocenters. The minimum atomic E-state index is -0.0423. The van der Waals surface area contributed by atoms with E-state index in [1.807, 2.05) is 25.1 Å². The normalized spacial score (nSPS) is 13.4. The molecular weight excluding hydrogens is 278 g/mol. The molecule has 0 radical (unpaired) electrons. The van der Waals surface area contributed by atoms with Gasteiger partial charge in [-0.05, 0) is 55.5 Å². The molecule has 0 spiro atoms. The topological polar surface area (TPSA) is 29.1 Å². The summed E-state index contributed by atoms with van der Waals surface area (Å²) in [7, 11) is 0. The number of aryl methyl sites for hydroxylation is 3. The Hall–Kier alpha value is -1.32. The SMILES string of the molecule is Cc1ccc(NC(=O)c2cc3c(s2)CCC3)cc1Cl. The number of hydrogen-bond acceptors (Lipinski definition) is 2. The molecule has 0 bridgehead atoms. The Kier molecular flexibility index (Phi) is 3.33. The van der Waals surface area contributed by atoms with Crippen LogP contribution in [0.15, 0.2) is 24.3 Å². The van der Waals surface area contributed by atoms with Gasteiger partial charge in [-0.15, -0.1) is 11.3 Å². The number of carbonyl (C=O) groups excluding carboxylic acids is 1. The molecule has 0 saturated carbocycles. The first kappa shape index (κ1) is 12.7. The Morgan fingerprint density at radius 2 is 2.16 bits per heavy atom. The Labute approximate surface area is 121 Å². The van der Waals surface area contributed by atoms with E-state index in [0.29, 0.717) is 5.02 Å². The van der Waals surface area contributed by atoms with Crippen LogP contribution in [0.25, 0.3) is 0 Å². The minimum Gasteiger partial charge on any atom is -0.321 e. The van der Waals surface area contributed by atoms with Crippen molar-refractivity contribution >= 4 is 34.5 Å². The summed E-state index contributed by atoms with van der Waals surface area (Å²) >= 11 is 7.67. The van der Waals surface area contributed by atoms with Crippen LogP contribution < -0.4 is 5.32 Å². The lowest BCUT2D eigenvalue weighted by atomic mass is 10.2. The number of fused-ring (bicyclic) bond motifs is 1. The van der Waals surface area contributed by atoms with Crippen LogP contribution in [-0.4, -0.2) is 5.91 Å². The van der Waals surface area contributed by atoms with Crippen molar-refractivity contribution in [3.63, 3.8) is 0 Å². The average molecular weight is 292 g/mol. The van der Waals surface area contributed by atoms with E-state index >= 15 is 0 Å². The molecule has 0 aliphatic heterocycles. The summed E-state index contributed by atoms with van der Waals surface area (Å²) in [6, 6.07) is 7.60. The monoisotopic (exact) mass is 291 g/mol. The highest BCUT2D eigenvalue weighted by atomic mass is 35.5. The zero-order chi connectivity index (χ0) is 13.4. The average Bonchev–Trinajstić information content (AvgIpc) is 2.94. The fourth-order valence-corrected chi connectivity index (χ4v) is 3.63. The molecule has 0 fully saturated rings. The van der Waals surface area contributed by atoms with Gasteiger partial charge in [-0.25, -0.2) is 0 Å². The number of benzene rings is 1. The molecule has 0 atom stereocenters. The second-order valence-corrected chi connectivity index (χ2v) is 6.37. The van der Waals surface area contributed by atoms with E-state index in [2.05, 4.69) is 5.32 Å². The number of rotatable bonds is 2. The van der Waals surface area contributed by atoms with Gasteiger partial charge in [-0.1, -0.05) is 17.7 Å². The van der Waals surface area contributed by atoms with E-state index in [-0.39, 0.29) is 5.91 Å². The molecular formula is C15H14ClNOS. The Morgan fingerprint density at radius 3 is 2.89 bits per heavy atom. The van der Waals surface area contributed by atoms with Crippen molar-refractivity contribution in [1.29, 1.82) is 0 Å². The van der Waals surface area contributed by atoms with Crippen molar-refractivity contribution in [3.8, 4) is 0 Å². The summed E-state index contributed by atoms with van der Waals surface area (Å²) in [6.07, 6.45) is 3.44. The van der Waals surface area contributed by atoms with Gasteiger partial charge < -0.3 is 5.32 Å². The van der Waals surface area contributed by atoms with Crippen molar-refractivity contribution in [2.75, 3.05) is 5.32 Å². The number of amides is 1. The van der Waals surface area contributed by atoms with Gasteiger partial charge in [-0.3, -0.25) is 4.79 Å². The van der Waals surface area contributed by atoms with Crippen molar-refractivity contribution in [2.45, 2.75) is 26.2 Å². The third-order valence-corrected chi connectivity index (χ3v) is 5.04. The molecule has 2 nitrogen and oxygen atoms in total. The maximum atomic E-state index is 12.2. The molecule has 1 N–H and O–H groups in total. The number of hydrogen-bond donors (Lipinski definition) is 1. The van der Waals surface area contributed by atoms with Gasteiger partial charge in [0.25, 0.3) is 5.91 Å². The maximum Gasteiger partial charge on any atom is 0.265 e. The van der Waals surface area contributed by atoms with E-state index in [0.717, 1.165) is 29.0 Å². The standard InChI is InChI=1S/C15H14ClNOS/c1-9-5-6-11(8-12(9)16)17-15(18)14-7-10-3-2-4-13(10)19-14/h5-8H,2-4H2,1H3,(H,17,18). The van der Waals surface area contributed by atoms with Gasteiger partial charge in [0.15, 0.2) is 0 Å². The molecule has 98 valence electrons. The van der Waals surface area contributed by atoms with Gasteiger partial charge in [0.05, 0.1) is 4.88 Å². The summed E-state index contributed by atoms with van der Waals surface area (Å²) in [5.74, 6) is -0.0423. The molecule has 1 aliphatic carbocycles. The fraction of sp³-hybridized carbons (Fsp3) is 0.267.